The lowest BCUT2D eigenvalue weighted by Gasteiger charge is -2.11. The molecule has 0 saturated heterocycles. The highest BCUT2D eigenvalue weighted by Gasteiger charge is 2.23. The van der Waals surface area contributed by atoms with Crippen molar-refractivity contribution in [3.8, 4) is 11.3 Å². The number of pyridine rings is 2. The Morgan fingerprint density at radius 2 is 1.81 bits per heavy atom. The SMILES string of the molecule is CNCc1cc(-c2cccnc2Cl)n(S(=O)(=O)c2cccnc2)c1.O=C(O)/C=C/C(=O)O. The third kappa shape index (κ3) is 6.48. The lowest BCUT2D eigenvalue weighted by atomic mass is 10.2. The number of nitrogens with one attached hydrogen (secondary N) is 1. The highest BCUT2D eigenvalue weighted by molar-refractivity contribution is 7.90. The average Bonchev–Trinajstić information content (AvgIpc) is 3.18. The second-order valence-electron chi connectivity index (χ2n) is 6.11. The van der Waals surface area contributed by atoms with E-state index in [4.69, 9.17) is 21.8 Å². The molecule has 0 aliphatic carbocycles. The molecule has 10 nitrogen and oxygen atoms in total. The van der Waals surface area contributed by atoms with Gasteiger partial charge in [0.1, 0.15) is 10.0 Å². The van der Waals surface area contributed by atoms with Crippen LogP contribution in [0.1, 0.15) is 5.56 Å². The topological polar surface area (TPSA) is 151 Å². The van der Waals surface area contributed by atoms with Gasteiger partial charge in [0, 0.05) is 49.0 Å². The summed E-state index contributed by atoms with van der Waals surface area (Å²) in [5.74, 6) is -2.51. The maximum atomic E-state index is 13.0. The van der Waals surface area contributed by atoms with Gasteiger partial charge in [0.25, 0.3) is 10.0 Å². The van der Waals surface area contributed by atoms with Gasteiger partial charge in [-0.2, -0.15) is 0 Å². The maximum absolute atomic E-state index is 13.0. The molecule has 3 heterocycles. The highest BCUT2D eigenvalue weighted by atomic mass is 35.5. The van der Waals surface area contributed by atoms with Crippen LogP contribution < -0.4 is 5.32 Å². The van der Waals surface area contributed by atoms with E-state index < -0.39 is 22.0 Å². The first-order chi connectivity index (χ1) is 15.2. The van der Waals surface area contributed by atoms with Gasteiger partial charge >= 0.3 is 11.9 Å². The Kier molecular flexibility index (Phi) is 8.64. The van der Waals surface area contributed by atoms with Crippen molar-refractivity contribution in [1.29, 1.82) is 0 Å². The van der Waals surface area contributed by atoms with Crippen LogP contribution in [0.2, 0.25) is 5.15 Å². The molecular formula is C20H19ClN4O6S. The molecule has 0 unspecified atom stereocenters. The number of rotatable bonds is 7. The second-order valence-corrected chi connectivity index (χ2v) is 8.28. The van der Waals surface area contributed by atoms with Crippen molar-refractivity contribution < 1.29 is 28.2 Å². The third-order valence-electron chi connectivity index (χ3n) is 3.82. The molecule has 12 heteroatoms. The summed E-state index contributed by atoms with van der Waals surface area (Å²) in [6, 6.07) is 8.33. The molecule has 0 bridgehead atoms. The average molecular weight is 479 g/mol. The smallest absolute Gasteiger partial charge is 0.328 e. The molecule has 3 aromatic rings. The predicted molar refractivity (Wildman–Crippen MR) is 117 cm³/mol. The summed E-state index contributed by atoms with van der Waals surface area (Å²) >= 11 is 6.17. The Morgan fingerprint density at radius 3 is 2.34 bits per heavy atom. The zero-order valence-electron chi connectivity index (χ0n) is 16.7. The zero-order chi connectivity index (χ0) is 23.7. The van der Waals surface area contributed by atoms with Crippen LogP contribution in [0.15, 0.2) is 72.2 Å². The summed E-state index contributed by atoms with van der Waals surface area (Å²) in [6.45, 7) is 0.528. The largest absolute Gasteiger partial charge is 0.478 e. The van der Waals surface area contributed by atoms with Crippen LogP contribution in [0.3, 0.4) is 0 Å². The van der Waals surface area contributed by atoms with Crippen LogP contribution in [0, 0.1) is 0 Å². The lowest BCUT2D eigenvalue weighted by Crippen LogP contribution is -2.14. The molecule has 32 heavy (non-hydrogen) atoms. The summed E-state index contributed by atoms with van der Waals surface area (Å²) in [5, 5.41) is 18.9. The Labute approximate surface area is 188 Å². The van der Waals surface area contributed by atoms with Crippen molar-refractivity contribution in [3.63, 3.8) is 0 Å². The predicted octanol–water partition coefficient (Wildman–Crippen LogP) is 2.27. The Balaban J connectivity index is 0.000000390. The summed E-state index contributed by atoms with van der Waals surface area (Å²) in [7, 11) is -2.00. The highest BCUT2D eigenvalue weighted by Crippen LogP contribution is 2.30. The quantitative estimate of drug-likeness (QED) is 0.343. The van der Waals surface area contributed by atoms with E-state index in [1.807, 2.05) is 0 Å². The van der Waals surface area contributed by atoms with Crippen molar-refractivity contribution >= 4 is 33.6 Å². The van der Waals surface area contributed by atoms with Crippen molar-refractivity contribution in [2.24, 2.45) is 0 Å². The van der Waals surface area contributed by atoms with Crippen LogP contribution in [0.4, 0.5) is 0 Å². The fourth-order valence-corrected chi connectivity index (χ4v) is 4.10. The lowest BCUT2D eigenvalue weighted by molar-refractivity contribution is -0.134. The summed E-state index contributed by atoms with van der Waals surface area (Å²) in [5.41, 5.74) is 1.83. The van der Waals surface area contributed by atoms with Crippen molar-refractivity contribution in [2.45, 2.75) is 11.4 Å². The molecule has 0 fully saturated rings. The zero-order valence-corrected chi connectivity index (χ0v) is 18.3. The Morgan fingerprint density at radius 1 is 1.16 bits per heavy atom. The number of nitrogens with zero attached hydrogens (tertiary/aromatic N) is 3. The van der Waals surface area contributed by atoms with Crippen molar-refractivity contribution in [1.82, 2.24) is 19.3 Å². The van der Waals surface area contributed by atoms with Gasteiger partial charge in [-0.15, -0.1) is 0 Å². The van der Waals surface area contributed by atoms with E-state index in [2.05, 4.69) is 15.3 Å². The van der Waals surface area contributed by atoms with Crippen molar-refractivity contribution in [2.75, 3.05) is 7.05 Å². The third-order valence-corrected chi connectivity index (χ3v) is 5.78. The van der Waals surface area contributed by atoms with Gasteiger partial charge < -0.3 is 15.5 Å². The van der Waals surface area contributed by atoms with E-state index in [-0.39, 0.29) is 10.0 Å². The first-order valence-electron chi connectivity index (χ1n) is 8.93. The molecule has 0 spiro atoms. The second kappa shape index (κ2) is 11.2. The van der Waals surface area contributed by atoms with E-state index in [0.29, 0.717) is 30.0 Å². The van der Waals surface area contributed by atoms with Crippen LogP contribution in [0.5, 0.6) is 0 Å². The standard InChI is InChI=1S/C16H15ClN4O2S.C4H4O4/c1-18-9-12-8-15(14-5-3-7-20-16(14)17)21(11-12)24(22,23)13-4-2-6-19-10-13;5-3(6)1-2-4(7)8/h2-8,10-11,18H,9H2,1H3;1-2H,(H,5,6)(H,7,8)/b;2-1+. The number of carboxylic acids is 2. The normalized spacial score (nSPS) is 11.1. The Bertz CT molecular complexity index is 1210. The number of halogens is 1. The van der Waals surface area contributed by atoms with Crippen LogP contribution >= 0.6 is 11.6 Å². The number of carboxylic acid groups (broad SMARTS) is 2. The van der Waals surface area contributed by atoms with Gasteiger partial charge in [-0.05, 0) is 42.9 Å². The molecule has 0 aromatic carbocycles. The van der Waals surface area contributed by atoms with Crippen LogP contribution in [0.25, 0.3) is 11.3 Å². The fourth-order valence-electron chi connectivity index (χ4n) is 2.53. The summed E-state index contributed by atoms with van der Waals surface area (Å²) < 4.78 is 27.2. The Hall–Kier alpha value is -3.54. The minimum Gasteiger partial charge on any atom is -0.478 e. The van der Waals surface area contributed by atoms with Gasteiger partial charge in [0.2, 0.25) is 0 Å². The van der Waals surface area contributed by atoms with Crippen molar-refractivity contribution in [3.05, 3.63) is 78.0 Å². The molecule has 0 radical (unpaired) electrons. The summed E-state index contributed by atoms with van der Waals surface area (Å²) in [4.78, 5) is 27.1. The number of aromatic nitrogens is 3. The number of aliphatic carboxylic acids is 2. The molecule has 0 aliphatic heterocycles. The van der Waals surface area contributed by atoms with E-state index in [1.165, 1.54) is 22.4 Å². The van der Waals surface area contributed by atoms with Gasteiger partial charge in [0.15, 0.2) is 0 Å². The molecule has 0 amide bonds. The van der Waals surface area contributed by atoms with E-state index >= 15 is 0 Å². The molecule has 0 aliphatic rings. The molecule has 168 valence electrons. The number of hydrogen-bond acceptors (Lipinski definition) is 7. The van der Waals surface area contributed by atoms with Gasteiger partial charge in [-0.25, -0.2) is 27.0 Å². The minimum atomic E-state index is -3.79. The van der Waals surface area contributed by atoms with Crippen LogP contribution in [-0.4, -0.2) is 51.6 Å². The molecule has 3 rings (SSSR count). The molecule has 3 N–H and O–H groups in total. The van der Waals surface area contributed by atoms with E-state index in [9.17, 15) is 18.0 Å². The van der Waals surface area contributed by atoms with Gasteiger partial charge in [-0.3, -0.25) is 4.98 Å². The monoisotopic (exact) mass is 478 g/mol. The van der Waals surface area contributed by atoms with Gasteiger partial charge in [-0.1, -0.05) is 11.6 Å². The fraction of sp³-hybridized carbons (Fsp3) is 0.100. The molecule has 0 saturated carbocycles. The van der Waals surface area contributed by atoms with E-state index in [0.717, 1.165) is 5.56 Å². The maximum Gasteiger partial charge on any atom is 0.328 e. The van der Waals surface area contributed by atoms with E-state index in [1.54, 1.807) is 43.7 Å². The first-order valence-corrected chi connectivity index (χ1v) is 10.7. The summed E-state index contributed by atoms with van der Waals surface area (Å²) in [6.07, 6.45) is 7.10. The minimum absolute atomic E-state index is 0.109. The van der Waals surface area contributed by atoms with Crippen LogP contribution in [-0.2, 0) is 26.2 Å². The molecule has 0 atom stereocenters. The molecule has 3 aromatic heterocycles. The first kappa shape index (κ1) is 24.7. The van der Waals surface area contributed by atoms with Gasteiger partial charge in [0.05, 0.1) is 5.69 Å². The number of carbonyl (C=O) groups is 2. The molecular weight excluding hydrogens is 460 g/mol. The number of hydrogen-bond donors (Lipinski definition) is 3.